The van der Waals surface area contributed by atoms with Crippen molar-refractivity contribution in [2.24, 2.45) is 7.05 Å². The zero-order valence-electron chi connectivity index (χ0n) is 7.28. The van der Waals surface area contributed by atoms with E-state index in [9.17, 15) is 8.42 Å². The van der Waals surface area contributed by atoms with Crippen LogP contribution in [0.5, 0.6) is 0 Å². The fraction of sp³-hybridized carbons (Fsp3) is 0.500. The molecule has 7 heteroatoms. The van der Waals surface area contributed by atoms with Crippen LogP contribution in [-0.2, 0) is 22.8 Å². The Hall–Kier alpha value is -0.400. The van der Waals surface area contributed by atoms with Crippen LogP contribution in [0.15, 0.2) is 10.8 Å². The van der Waals surface area contributed by atoms with Crippen LogP contribution in [0.2, 0.25) is 0 Å². The summed E-state index contributed by atoms with van der Waals surface area (Å²) in [6.45, 7) is 0. The molecule has 0 atom stereocenters. The third-order valence-electron chi connectivity index (χ3n) is 1.51. The van der Waals surface area contributed by atoms with Crippen molar-refractivity contribution in [2.75, 3.05) is 7.05 Å². The third kappa shape index (κ3) is 2.78. The summed E-state index contributed by atoms with van der Waals surface area (Å²) in [6, 6.07) is 0. The molecule has 1 aromatic heterocycles. The molecule has 0 amide bonds. The minimum Gasteiger partial charge on any atom is -0.274 e. The van der Waals surface area contributed by atoms with Gasteiger partial charge in [0, 0.05) is 18.8 Å². The molecule has 0 unspecified atom stereocenters. The van der Waals surface area contributed by atoms with Gasteiger partial charge >= 0.3 is 0 Å². The Morgan fingerprint density at radius 3 is 2.69 bits per heavy atom. The summed E-state index contributed by atoms with van der Waals surface area (Å²) in [5.41, 5.74) is 0.650. The van der Waals surface area contributed by atoms with E-state index in [1.54, 1.807) is 17.9 Å². The standard InChI is InChI=1S/C6H10BrN3O2S/c1-8-13(11,12)4-5-3-10(2)9-6(5)7/h3,8H,4H2,1-2H3. The van der Waals surface area contributed by atoms with Gasteiger partial charge in [-0.25, -0.2) is 13.1 Å². The second-order valence-electron chi connectivity index (χ2n) is 2.58. The van der Waals surface area contributed by atoms with Gasteiger partial charge < -0.3 is 0 Å². The molecular weight excluding hydrogens is 258 g/mol. The molecule has 0 aliphatic rings. The first-order chi connectivity index (χ1) is 5.94. The van der Waals surface area contributed by atoms with E-state index >= 15 is 0 Å². The number of nitrogens with one attached hydrogen (secondary N) is 1. The molecule has 74 valence electrons. The first kappa shape index (κ1) is 10.7. The van der Waals surface area contributed by atoms with Gasteiger partial charge in [-0.3, -0.25) is 4.68 Å². The molecule has 1 rings (SSSR count). The van der Waals surface area contributed by atoms with Crippen molar-refractivity contribution in [1.82, 2.24) is 14.5 Å². The number of aryl methyl sites for hydroxylation is 1. The predicted octanol–water partition coefficient (Wildman–Crippen LogP) is 0.232. The van der Waals surface area contributed by atoms with Gasteiger partial charge in [-0.05, 0) is 23.0 Å². The highest BCUT2D eigenvalue weighted by Gasteiger charge is 2.13. The largest absolute Gasteiger partial charge is 0.274 e. The molecule has 0 fully saturated rings. The van der Waals surface area contributed by atoms with Crippen molar-refractivity contribution in [3.63, 3.8) is 0 Å². The van der Waals surface area contributed by atoms with E-state index in [1.165, 1.54) is 7.05 Å². The van der Waals surface area contributed by atoms with Crippen molar-refractivity contribution in [3.05, 3.63) is 16.4 Å². The summed E-state index contributed by atoms with van der Waals surface area (Å²) >= 11 is 3.17. The van der Waals surface area contributed by atoms with Gasteiger partial charge in [0.25, 0.3) is 0 Å². The van der Waals surface area contributed by atoms with Crippen molar-refractivity contribution in [2.45, 2.75) is 5.75 Å². The quantitative estimate of drug-likeness (QED) is 0.853. The smallest absolute Gasteiger partial charge is 0.215 e. The van der Waals surface area contributed by atoms with Gasteiger partial charge in [-0.15, -0.1) is 0 Å². The Bertz CT molecular complexity index is 398. The van der Waals surface area contributed by atoms with Crippen molar-refractivity contribution < 1.29 is 8.42 Å². The number of nitrogens with zero attached hydrogens (tertiary/aromatic N) is 2. The van der Waals surface area contributed by atoms with Crippen molar-refractivity contribution in [1.29, 1.82) is 0 Å². The zero-order chi connectivity index (χ0) is 10.1. The second kappa shape index (κ2) is 3.77. The monoisotopic (exact) mass is 267 g/mol. The van der Waals surface area contributed by atoms with Crippen LogP contribution in [0.25, 0.3) is 0 Å². The SMILES string of the molecule is CNS(=O)(=O)Cc1cn(C)nc1Br. The first-order valence-corrected chi connectivity index (χ1v) is 5.98. The van der Waals surface area contributed by atoms with E-state index in [-0.39, 0.29) is 5.75 Å². The lowest BCUT2D eigenvalue weighted by Crippen LogP contribution is -2.20. The number of hydrogen-bond acceptors (Lipinski definition) is 3. The van der Waals surface area contributed by atoms with Crippen LogP contribution in [0, 0.1) is 0 Å². The third-order valence-corrected chi connectivity index (χ3v) is 3.49. The fourth-order valence-electron chi connectivity index (χ4n) is 0.884. The average Bonchev–Trinajstić information content (AvgIpc) is 2.30. The highest BCUT2D eigenvalue weighted by Crippen LogP contribution is 2.15. The molecular formula is C6H10BrN3O2S. The Balaban J connectivity index is 2.92. The number of sulfonamides is 1. The molecule has 0 aliphatic carbocycles. The van der Waals surface area contributed by atoms with E-state index in [0.717, 1.165) is 0 Å². The minimum atomic E-state index is -3.22. The highest BCUT2D eigenvalue weighted by molar-refractivity contribution is 9.10. The van der Waals surface area contributed by atoms with Gasteiger partial charge in [0.1, 0.15) is 4.60 Å². The lowest BCUT2D eigenvalue weighted by Gasteiger charge is -1.98. The molecule has 0 bridgehead atoms. The predicted molar refractivity (Wildman–Crippen MR) is 52.6 cm³/mol. The summed E-state index contributed by atoms with van der Waals surface area (Å²) < 4.78 is 26.7. The Kier molecular flexibility index (Phi) is 3.09. The molecule has 0 spiro atoms. The van der Waals surface area contributed by atoms with Gasteiger partial charge in [-0.1, -0.05) is 0 Å². The van der Waals surface area contributed by atoms with Gasteiger partial charge in [0.15, 0.2) is 0 Å². The maximum absolute atomic E-state index is 11.2. The summed E-state index contributed by atoms with van der Waals surface area (Å²) in [6.07, 6.45) is 1.67. The lowest BCUT2D eigenvalue weighted by molar-refractivity contribution is 0.587. The molecule has 0 saturated heterocycles. The summed E-state index contributed by atoms with van der Waals surface area (Å²) in [4.78, 5) is 0. The van der Waals surface area contributed by atoms with Gasteiger partial charge in [-0.2, -0.15) is 5.10 Å². The molecule has 0 radical (unpaired) electrons. The second-order valence-corrected chi connectivity index (χ2v) is 5.26. The van der Waals surface area contributed by atoms with Crippen LogP contribution >= 0.6 is 15.9 Å². The Morgan fingerprint density at radius 1 is 1.69 bits per heavy atom. The maximum atomic E-state index is 11.2. The molecule has 5 nitrogen and oxygen atoms in total. The summed E-state index contributed by atoms with van der Waals surface area (Å²) in [7, 11) is -0.0902. The van der Waals surface area contributed by atoms with Gasteiger partial charge in [0.2, 0.25) is 10.0 Å². The number of rotatable bonds is 3. The molecule has 1 aromatic rings. The summed E-state index contributed by atoms with van der Waals surface area (Å²) in [5, 5.41) is 3.97. The van der Waals surface area contributed by atoms with E-state index in [4.69, 9.17) is 0 Å². The summed E-state index contributed by atoms with van der Waals surface area (Å²) in [5.74, 6) is -0.0576. The normalized spacial score (nSPS) is 11.9. The molecule has 0 aromatic carbocycles. The molecule has 1 heterocycles. The average molecular weight is 268 g/mol. The van der Waals surface area contributed by atoms with Gasteiger partial charge in [0.05, 0.1) is 5.75 Å². The highest BCUT2D eigenvalue weighted by atomic mass is 79.9. The fourth-order valence-corrected chi connectivity index (χ4v) is 2.33. The maximum Gasteiger partial charge on any atom is 0.215 e. The van der Waals surface area contributed by atoms with E-state index < -0.39 is 10.0 Å². The van der Waals surface area contributed by atoms with Crippen LogP contribution in [0.4, 0.5) is 0 Å². The van der Waals surface area contributed by atoms with Crippen LogP contribution in [0.1, 0.15) is 5.56 Å². The van der Waals surface area contributed by atoms with E-state index in [1.807, 2.05) is 0 Å². The molecule has 0 aliphatic heterocycles. The molecule has 1 N–H and O–H groups in total. The molecule has 0 saturated carbocycles. The van der Waals surface area contributed by atoms with Crippen LogP contribution in [0.3, 0.4) is 0 Å². The van der Waals surface area contributed by atoms with Crippen molar-refractivity contribution >= 4 is 26.0 Å². The zero-order valence-corrected chi connectivity index (χ0v) is 9.68. The Morgan fingerprint density at radius 2 is 2.31 bits per heavy atom. The number of aromatic nitrogens is 2. The molecule has 13 heavy (non-hydrogen) atoms. The van der Waals surface area contributed by atoms with E-state index in [0.29, 0.717) is 10.2 Å². The number of halogens is 1. The van der Waals surface area contributed by atoms with Crippen LogP contribution in [-0.4, -0.2) is 25.2 Å². The van der Waals surface area contributed by atoms with E-state index in [2.05, 4.69) is 25.8 Å². The Labute approximate surface area is 85.3 Å². The number of hydrogen-bond donors (Lipinski definition) is 1. The van der Waals surface area contributed by atoms with Crippen LogP contribution < -0.4 is 4.72 Å². The first-order valence-electron chi connectivity index (χ1n) is 3.54. The van der Waals surface area contributed by atoms with Crippen molar-refractivity contribution in [3.8, 4) is 0 Å². The topological polar surface area (TPSA) is 64.0 Å². The minimum absolute atomic E-state index is 0.0576. The lowest BCUT2D eigenvalue weighted by atomic mass is 10.4.